The van der Waals surface area contributed by atoms with Crippen LogP contribution in [0.3, 0.4) is 0 Å². The molecule has 5 nitrogen and oxygen atoms in total. The second kappa shape index (κ2) is 9.53. The lowest BCUT2D eigenvalue weighted by Gasteiger charge is -2.31. The van der Waals surface area contributed by atoms with Crippen molar-refractivity contribution in [1.29, 1.82) is 0 Å². The largest absolute Gasteiger partial charge is 0.376 e. The van der Waals surface area contributed by atoms with E-state index in [-0.39, 0.29) is 0 Å². The molecule has 3 rings (SSSR count). The van der Waals surface area contributed by atoms with Gasteiger partial charge < -0.3 is 15.8 Å². The third-order valence-corrected chi connectivity index (χ3v) is 4.76. The van der Waals surface area contributed by atoms with Gasteiger partial charge in [0.1, 0.15) is 0 Å². The minimum absolute atomic E-state index is 0.309. The Bertz CT molecular complexity index is 774. The van der Waals surface area contributed by atoms with Crippen molar-refractivity contribution in [3.05, 3.63) is 65.2 Å². The van der Waals surface area contributed by atoms with Gasteiger partial charge in [-0.15, -0.1) is 0 Å². The molecular weight excluding hydrogens is 336 g/mol. The molecule has 0 aliphatic carbocycles. The van der Waals surface area contributed by atoms with Crippen molar-refractivity contribution in [2.24, 2.45) is 10.7 Å². The zero-order valence-electron chi connectivity index (χ0n) is 16.3. The number of ether oxygens (including phenoxy) is 1. The minimum atomic E-state index is 0.309. The van der Waals surface area contributed by atoms with Gasteiger partial charge in [-0.25, -0.2) is 4.99 Å². The maximum atomic E-state index is 6.06. The number of rotatable bonds is 6. The lowest BCUT2D eigenvalue weighted by Crippen LogP contribution is -2.40. The van der Waals surface area contributed by atoms with Gasteiger partial charge in [-0.3, -0.25) is 4.90 Å². The first-order valence-electron chi connectivity index (χ1n) is 9.70. The number of nitrogens with zero attached hydrogens (tertiary/aromatic N) is 2. The van der Waals surface area contributed by atoms with Gasteiger partial charge >= 0.3 is 0 Å². The maximum Gasteiger partial charge on any atom is 0.193 e. The van der Waals surface area contributed by atoms with Gasteiger partial charge in [-0.05, 0) is 42.2 Å². The van der Waals surface area contributed by atoms with Crippen molar-refractivity contribution >= 4 is 11.6 Å². The maximum absolute atomic E-state index is 6.06. The highest BCUT2D eigenvalue weighted by molar-refractivity contribution is 5.92. The number of benzene rings is 2. The molecular formula is C22H30N4O. The third-order valence-electron chi connectivity index (χ3n) is 4.76. The van der Waals surface area contributed by atoms with E-state index in [1.165, 1.54) is 16.7 Å². The van der Waals surface area contributed by atoms with Crippen molar-refractivity contribution in [1.82, 2.24) is 4.90 Å². The Morgan fingerprint density at radius 1 is 1.19 bits per heavy atom. The van der Waals surface area contributed by atoms with Crippen LogP contribution in [0, 0.1) is 0 Å². The molecule has 1 aliphatic heterocycles. The van der Waals surface area contributed by atoms with Crippen molar-refractivity contribution in [3.8, 4) is 0 Å². The summed E-state index contributed by atoms with van der Waals surface area (Å²) in [5.41, 5.74) is 10.8. The number of nitrogens with one attached hydrogen (secondary N) is 1. The zero-order chi connectivity index (χ0) is 19.1. The topological polar surface area (TPSA) is 62.9 Å². The van der Waals surface area contributed by atoms with Crippen molar-refractivity contribution in [2.45, 2.75) is 39.5 Å². The average Bonchev–Trinajstić information content (AvgIpc) is 2.67. The first kappa shape index (κ1) is 19.4. The highest BCUT2D eigenvalue weighted by atomic mass is 16.5. The Morgan fingerprint density at radius 2 is 1.96 bits per heavy atom. The van der Waals surface area contributed by atoms with Crippen LogP contribution in [0.5, 0.6) is 0 Å². The van der Waals surface area contributed by atoms with Crippen LogP contribution in [0.4, 0.5) is 5.69 Å². The van der Waals surface area contributed by atoms with E-state index in [1.54, 1.807) is 0 Å². The van der Waals surface area contributed by atoms with Gasteiger partial charge in [-0.2, -0.15) is 0 Å². The van der Waals surface area contributed by atoms with Crippen LogP contribution in [-0.4, -0.2) is 36.7 Å². The normalized spacial score (nSPS) is 18.4. The highest BCUT2D eigenvalue weighted by Gasteiger charge is 2.16. The summed E-state index contributed by atoms with van der Waals surface area (Å²) in [6.45, 7) is 8.57. The molecule has 1 saturated heterocycles. The van der Waals surface area contributed by atoms with Crippen LogP contribution < -0.4 is 11.1 Å². The molecule has 1 unspecified atom stereocenters. The number of aryl methyl sites for hydroxylation is 1. The molecule has 1 fully saturated rings. The van der Waals surface area contributed by atoms with Crippen LogP contribution in [0.15, 0.2) is 53.5 Å². The average molecular weight is 367 g/mol. The number of hydrogen-bond acceptors (Lipinski definition) is 3. The van der Waals surface area contributed by atoms with Gasteiger partial charge in [-0.1, -0.05) is 43.3 Å². The molecule has 0 spiro atoms. The number of nitrogens with two attached hydrogens (primary N) is 1. The van der Waals surface area contributed by atoms with Crippen molar-refractivity contribution in [3.63, 3.8) is 0 Å². The molecule has 2 aromatic carbocycles. The lowest BCUT2D eigenvalue weighted by molar-refractivity contribution is -0.0212. The predicted octanol–water partition coefficient (Wildman–Crippen LogP) is 3.40. The summed E-state index contributed by atoms with van der Waals surface area (Å²) < 4.78 is 5.62. The molecule has 0 amide bonds. The molecule has 5 heteroatoms. The summed E-state index contributed by atoms with van der Waals surface area (Å²) >= 11 is 0. The van der Waals surface area contributed by atoms with Crippen molar-refractivity contribution in [2.75, 3.05) is 25.0 Å². The van der Waals surface area contributed by atoms with Crippen molar-refractivity contribution < 1.29 is 4.74 Å². The van der Waals surface area contributed by atoms with E-state index in [1.807, 2.05) is 12.1 Å². The summed E-state index contributed by atoms with van der Waals surface area (Å²) in [4.78, 5) is 6.93. The number of morpholine rings is 1. The predicted molar refractivity (Wildman–Crippen MR) is 112 cm³/mol. The number of aliphatic imine (C=N–C) groups is 1. The lowest BCUT2D eigenvalue weighted by atomic mass is 10.1. The molecule has 0 bridgehead atoms. The molecule has 27 heavy (non-hydrogen) atoms. The van der Waals surface area contributed by atoms with Gasteiger partial charge in [0.05, 0.1) is 19.3 Å². The van der Waals surface area contributed by atoms with Crippen LogP contribution in [0.2, 0.25) is 0 Å². The second-order valence-electron chi connectivity index (χ2n) is 7.12. The molecule has 1 aliphatic rings. The summed E-state index contributed by atoms with van der Waals surface area (Å²) in [5.74, 6) is 0.440. The van der Waals surface area contributed by atoms with E-state index < -0.39 is 0 Å². The Balaban J connectivity index is 1.57. The molecule has 0 aromatic heterocycles. The first-order chi connectivity index (χ1) is 13.1. The summed E-state index contributed by atoms with van der Waals surface area (Å²) in [6, 6.07) is 16.8. The van der Waals surface area contributed by atoms with E-state index in [2.05, 4.69) is 65.5 Å². The van der Waals surface area contributed by atoms with E-state index in [0.29, 0.717) is 18.6 Å². The molecule has 0 radical (unpaired) electrons. The van der Waals surface area contributed by atoms with E-state index >= 15 is 0 Å². The standard InChI is InChI=1S/C22H30N4O/c1-3-18-6-5-9-21(13-18)25-22(23)24-14-19-7-4-8-20(12-19)16-26-10-11-27-17(2)15-26/h4-9,12-13,17H,3,10-11,14-16H2,1-2H3,(H3,23,24,25). The van der Waals surface area contributed by atoms with Gasteiger partial charge in [0.2, 0.25) is 0 Å². The zero-order valence-corrected chi connectivity index (χ0v) is 16.3. The molecule has 2 aromatic rings. The van der Waals surface area contributed by atoms with Gasteiger partial charge in [0.15, 0.2) is 5.96 Å². The second-order valence-corrected chi connectivity index (χ2v) is 7.12. The van der Waals surface area contributed by atoms with Gasteiger partial charge in [0.25, 0.3) is 0 Å². The molecule has 1 atom stereocenters. The minimum Gasteiger partial charge on any atom is -0.376 e. The Hall–Kier alpha value is -2.37. The molecule has 3 N–H and O–H groups in total. The van der Waals surface area contributed by atoms with Crippen LogP contribution >= 0.6 is 0 Å². The Kier molecular flexibility index (Phi) is 6.85. The third kappa shape index (κ3) is 6.08. The summed E-state index contributed by atoms with van der Waals surface area (Å²) in [6.07, 6.45) is 1.31. The van der Waals surface area contributed by atoms with E-state index in [4.69, 9.17) is 10.5 Å². The number of anilines is 1. The Labute approximate surface area is 162 Å². The first-order valence-corrected chi connectivity index (χ1v) is 9.70. The van der Waals surface area contributed by atoms with Gasteiger partial charge in [0, 0.05) is 25.3 Å². The quantitative estimate of drug-likeness (QED) is 0.608. The Morgan fingerprint density at radius 3 is 2.78 bits per heavy atom. The van der Waals surface area contributed by atoms with E-state index in [9.17, 15) is 0 Å². The monoisotopic (exact) mass is 366 g/mol. The molecule has 1 heterocycles. The number of hydrogen-bond donors (Lipinski definition) is 2. The summed E-state index contributed by atoms with van der Waals surface area (Å²) in [5, 5.41) is 3.18. The van der Waals surface area contributed by atoms with E-state index in [0.717, 1.165) is 38.3 Å². The van der Waals surface area contributed by atoms with Crippen LogP contribution in [0.1, 0.15) is 30.5 Å². The fraction of sp³-hybridized carbons (Fsp3) is 0.409. The number of guanidine groups is 1. The molecule has 0 saturated carbocycles. The fourth-order valence-electron chi connectivity index (χ4n) is 3.35. The fourth-order valence-corrected chi connectivity index (χ4v) is 3.35. The van der Waals surface area contributed by atoms with Crippen LogP contribution in [-0.2, 0) is 24.2 Å². The smallest absolute Gasteiger partial charge is 0.193 e. The molecule has 144 valence electrons. The summed E-state index contributed by atoms with van der Waals surface area (Å²) in [7, 11) is 0. The highest BCUT2D eigenvalue weighted by Crippen LogP contribution is 2.13. The SMILES string of the molecule is CCc1cccc(NC(N)=NCc2cccc(CN3CCOC(C)C3)c2)c1. The van der Waals surface area contributed by atoms with Crippen LogP contribution in [0.25, 0.3) is 0 Å².